The minimum atomic E-state index is -3.58. The maximum Gasteiger partial charge on any atom is 0.243 e. The Hall–Kier alpha value is -2.70. The van der Waals surface area contributed by atoms with Gasteiger partial charge in [-0.1, -0.05) is 17.8 Å². The third-order valence-corrected chi connectivity index (χ3v) is 8.25. The molecule has 0 atom stereocenters. The number of carbonyl (C=O) groups excluding carboxylic acids is 1. The second kappa shape index (κ2) is 9.43. The van der Waals surface area contributed by atoms with Gasteiger partial charge in [0, 0.05) is 26.2 Å². The fraction of sp³-hybridized carbons (Fsp3) is 0.400. The van der Waals surface area contributed by atoms with Crippen LogP contribution in [0, 0.1) is 13.8 Å². The number of amides is 1. The Morgan fingerprint density at radius 1 is 1.12 bits per heavy atom. The normalized spacial score (nSPS) is 15.2. The third kappa shape index (κ3) is 4.87. The minimum absolute atomic E-state index is 0.0780. The molecule has 12 heteroatoms. The topological polar surface area (TPSA) is 114 Å². The number of thioether (sulfide) groups is 1. The molecule has 0 radical (unpaired) electrons. The first-order valence-electron chi connectivity index (χ1n) is 10.1. The molecule has 4 rings (SSSR count). The van der Waals surface area contributed by atoms with E-state index in [0.717, 1.165) is 11.1 Å². The van der Waals surface area contributed by atoms with Crippen molar-refractivity contribution in [1.82, 2.24) is 29.4 Å². The number of hydrogen-bond donors (Lipinski definition) is 0. The van der Waals surface area contributed by atoms with Gasteiger partial charge < -0.3 is 9.32 Å². The number of aryl methyl sites for hydroxylation is 2. The Labute approximate surface area is 190 Å². The van der Waals surface area contributed by atoms with Gasteiger partial charge in [0.25, 0.3) is 0 Å². The zero-order valence-corrected chi connectivity index (χ0v) is 19.5. The van der Waals surface area contributed by atoms with Crippen molar-refractivity contribution in [2.24, 2.45) is 0 Å². The van der Waals surface area contributed by atoms with Crippen molar-refractivity contribution < 1.29 is 17.6 Å². The second-order valence-electron chi connectivity index (χ2n) is 7.52. The number of tetrazole rings is 1. The monoisotopic (exact) mass is 476 g/mol. The molecule has 0 N–H and O–H groups in total. The first-order chi connectivity index (χ1) is 15.3. The first-order valence-corrected chi connectivity index (χ1v) is 12.5. The average molecular weight is 477 g/mol. The van der Waals surface area contributed by atoms with Crippen LogP contribution in [0.1, 0.15) is 16.9 Å². The molecule has 0 saturated carbocycles. The molecule has 1 aromatic carbocycles. The van der Waals surface area contributed by atoms with Crippen LogP contribution in [0.25, 0.3) is 0 Å². The molecular formula is C20H24N6O4S2. The van der Waals surface area contributed by atoms with Gasteiger partial charge in [0.05, 0.1) is 16.9 Å². The highest BCUT2D eigenvalue weighted by atomic mass is 32.2. The van der Waals surface area contributed by atoms with Gasteiger partial charge in [0.15, 0.2) is 0 Å². The van der Waals surface area contributed by atoms with E-state index in [4.69, 9.17) is 4.42 Å². The summed E-state index contributed by atoms with van der Waals surface area (Å²) in [6.45, 7) is 5.45. The van der Waals surface area contributed by atoms with Crippen molar-refractivity contribution in [3.63, 3.8) is 0 Å². The Balaban J connectivity index is 1.31. The van der Waals surface area contributed by atoms with Crippen LogP contribution in [-0.2, 0) is 21.4 Å². The largest absolute Gasteiger partial charge is 0.467 e. The number of piperazine rings is 1. The van der Waals surface area contributed by atoms with E-state index in [-0.39, 0.29) is 24.7 Å². The van der Waals surface area contributed by atoms with Crippen LogP contribution in [0.2, 0.25) is 0 Å². The number of furan rings is 1. The van der Waals surface area contributed by atoms with Crippen LogP contribution in [0.3, 0.4) is 0 Å². The summed E-state index contributed by atoms with van der Waals surface area (Å²) in [5.41, 5.74) is 1.98. The number of carbonyl (C=O) groups is 1. The molecule has 1 amide bonds. The van der Waals surface area contributed by atoms with Crippen molar-refractivity contribution in [2.75, 3.05) is 31.9 Å². The van der Waals surface area contributed by atoms with Crippen LogP contribution < -0.4 is 0 Å². The summed E-state index contributed by atoms with van der Waals surface area (Å²) in [7, 11) is -3.58. The van der Waals surface area contributed by atoms with Crippen LogP contribution in [-0.4, -0.2) is 75.7 Å². The Bertz CT molecular complexity index is 1180. The van der Waals surface area contributed by atoms with Gasteiger partial charge >= 0.3 is 0 Å². The van der Waals surface area contributed by atoms with Crippen molar-refractivity contribution >= 4 is 27.7 Å². The van der Waals surface area contributed by atoms with E-state index in [1.165, 1.54) is 16.1 Å². The van der Waals surface area contributed by atoms with Crippen molar-refractivity contribution in [2.45, 2.75) is 30.4 Å². The summed E-state index contributed by atoms with van der Waals surface area (Å²) in [6, 6.07) is 8.77. The van der Waals surface area contributed by atoms with Gasteiger partial charge in [0.1, 0.15) is 12.3 Å². The summed E-state index contributed by atoms with van der Waals surface area (Å²) in [5.74, 6) is 0.806. The van der Waals surface area contributed by atoms with Crippen molar-refractivity contribution in [3.8, 4) is 0 Å². The Kier molecular flexibility index (Phi) is 6.63. The number of rotatable bonds is 7. The highest BCUT2D eigenvalue weighted by Gasteiger charge is 2.30. The average Bonchev–Trinajstić information content (AvgIpc) is 3.46. The van der Waals surface area contributed by atoms with Gasteiger partial charge in [-0.3, -0.25) is 4.79 Å². The van der Waals surface area contributed by atoms with Gasteiger partial charge in [-0.15, -0.1) is 5.10 Å². The van der Waals surface area contributed by atoms with E-state index in [9.17, 15) is 13.2 Å². The standard InChI is InChI=1S/C20H24N6O4S2/c1-15-5-6-18(12-16(15)2)32(28,29)25-9-7-24(8-10-25)19(27)14-31-20-21-22-23-26(20)13-17-4-3-11-30-17/h3-6,11-12H,7-10,13-14H2,1-2H3. The van der Waals surface area contributed by atoms with Gasteiger partial charge in [0.2, 0.25) is 21.1 Å². The van der Waals surface area contributed by atoms with E-state index in [1.54, 1.807) is 34.0 Å². The van der Waals surface area contributed by atoms with E-state index in [2.05, 4.69) is 15.5 Å². The fourth-order valence-electron chi connectivity index (χ4n) is 3.37. The molecule has 10 nitrogen and oxygen atoms in total. The lowest BCUT2D eigenvalue weighted by molar-refractivity contribution is -0.129. The molecule has 3 heterocycles. The SMILES string of the molecule is Cc1ccc(S(=O)(=O)N2CCN(C(=O)CSc3nnnn3Cc3ccco3)CC2)cc1C. The summed E-state index contributed by atoms with van der Waals surface area (Å²) < 4.78 is 34.3. The van der Waals surface area contributed by atoms with E-state index in [0.29, 0.717) is 35.4 Å². The summed E-state index contributed by atoms with van der Waals surface area (Å²) in [6.07, 6.45) is 1.58. The molecule has 0 spiro atoms. The molecule has 1 fully saturated rings. The summed E-state index contributed by atoms with van der Waals surface area (Å²) in [5, 5.41) is 12.1. The lowest BCUT2D eigenvalue weighted by Gasteiger charge is -2.34. The number of sulfonamides is 1. The third-order valence-electron chi connectivity index (χ3n) is 5.42. The summed E-state index contributed by atoms with van der Waals surface area (Å²) >= 11 is 1.25. The lowest BCUT2D eigenvalue weighted by Crippen LogP contribution is -2.51. The number of hydrogen-bond acceptors (Lipinski definition) is 8. The van der Waals surface area contributed by atoms with Crippen LogP contribution in [0.5, 0.6) is 0 Å². The zero-order valence-electron chi connectivity index (χ0n) is 17.8. The molecule has 1 aliphatic rings. The van der Waals surface area contributed by atoms with Crippen molar-refractivity contribution in [1.29, 1.82) is 0 Å². The number of aromatic nitrogens is 4. The van der Waals surface area contributed by atoms with Gasteiger partial charge in [-0.05, 0) is 59.7 Å². The lowest BCUT2D eigenvalue weighted by atomic mass is 10.1. The van der Waals surface area contributed by atoms with Gasteiger partial charge in [-0.2, -0.15) is 4.31 Å². The molecule has 0 unspecified atom stereocenters. The van der Waals surface area contributed by atoms with Crippen LogP contribution in [0.15, 0.2) is 51.1 Å². The maximum atomic E-state index is 13.0. The van der Waals surface area contributed by atoms with E-state index < -0.39 is 10.0 Å². The second-order valence-corrected chi connectivity index (χ2v) is 10.4. The minimum Gasteiger partial charge on any atom is -0.467 e. The van der Waals surface area contributed by atoms with E-state index >= 15 is 0 Å². The molecule has 0 aliphatic carbocycles. The van der Waals surface area contributed by atoms with Crippen LogP contribution in [0.4, 0.5) is 0 Å². The molecule has 2 aromatic heterocycles. The molecule has 32 heavy (non-hydrogen) atoms. The molecule has 1 saturated heterocycles. The predicted octanol–water partition coefficient (Wildman–Crippen LogP) is 1.56. The van der Waals surface area contributed by atoms with Crippen molar-refractivity contribution in [3.05, 3.63) is 53.5 Å². The van der Waals surface area contributed by atoms with Gasteiger partial charge in [-0.25, -0.2) is 13.1 Å². The highest BCUT2D eigenvalue weighted by molar-refractivity contribution is 7.99. The number of nitrogens with zero attached hydrogens (tertiary/aromatic N) is 6. The Morgan fingerprint density at radius 3 is 2.59 bits per heavy atom. The molecule has 170 valence electrons. The number of benzene rings is 1. The molecule has 1 aliphatic heterocycles. The fourth-order valence-corrected chi connectivity index (χ4v) is 5.66. The van der Waals surface area contributed by atoms with Crippen LogP contribution >= 0.6 is 11.8 Å². The summed E-state index contributed by atoms with van der Waals surface area (Å²) in [4.78, 5) is 14.6. The smallest absolute Gasteiger partial charge is 0.243 e. The molecular weight excluding hydrogens is 452 g/mol. The van der Waals surface area contributed by atoms with E-state index in [1.807, 2.05) is 26.0 Å². The highest BCUT2D eigenvalue weighted by Crippen LogP contribution is 2.21. The molecule has 0 bridgehead atoms. The Morgan fingerprint density at radius 2 is 1.91 bits per heavy atom. The molecule has 3 aromatic rings. The zero-order chi connectivity index (χ0) is 22.7. The predicted molar refractivity (Wildman–Crippen MR) is 118 cm³/mol. The first kappa shape index (κ1) is 22.5. The quantitative estimate of drug-likeness (QED) is 0.472. The maximum absolute atomic E-state index is 13.0.